The van der Waals surface area contributed by atoms with E-state index in [1.807, 2.05) is 19.2 Å². The van der Waals surface area contributed by atoms with Crippen LogP contribution in [0.5, 0.6) is 0 Å². The Balaban J connectivity index is 2.23. The van der Waals surface area contributed by atoms with E-state index < -0.39 is 0 Å². The lowest BCUT2D eigenvalue weighted by Gasteiger charge is -2.00. The Kier molecular flexibility index (Phi) is 2.73. The summed E-state index contributed by atoms with van der Waals surface area (Å²) in [6.07, 6.45) is 6.21. The molecule has 0 unspecified atom stereocenters. The van der Waals surface area contributed by atoms with Crippen molar-refractivity contribution in [3.63, 3.8) is 0 Å². The zero-order valence-electron chi connectivity index (χ0n) is 8.59. The van der Waals surface area contributed by atoms with Gasteiger partial charge in [0.05, 0.1) is 5.69 Å². The normalized spacial score (nSPS) is 10.5. The van der Waals surface area contributed by atoms with Crippen LogP contribution in [0.4, 0.5) is 0 Å². The van der Waals surface area contributed by atoms with E-state index in [0.717, 1.165) is 17.7 Å². The van der Waals surface area contributed by atoms with E-state index in [1.165, 1.54) is 0 Å². The Morgan fingerprint density at radius 3 is 2.60 bits per heavy atom. The van der Waals surface area contributed by atoms with Crippen molar-refractivity contribution in [2.75, 3.05) is 6.54 Å². The van der Waals surface area contributed by atoms with Crippen molar-refractivity contribution in [2.45, 2.75) is 13.3 Å². The summed E-state index contributed by atoms with van der Waals surface area (Å²) in [6.45, 7) is 2.54. The van der Waals surface area contributed by atoms with Gasteiger partial charge in [0, 0.05) is 18.6 Å². The molecule has 2 N–H and O–H groups in total. The molecule has 0 aliphatic rings. The minimum absolute atomic E-state index is 0.587. The molecule has 0 radical (unpaired) electrons. The number of hydrogen-bond donors (Lipinski definition) is 1. The summed E-state index contributed by atoms with van der Waals surface area (Å²) >= 11 is 0. The number of aryl methyl sites for hydroxylation is 1. The molecule has 15 heavy (non-hydrogen) atoms. The average molecular weight is 203 g/mol. The molecule has 0 saturated carbocycles. The molecule has 0 atom stereocenters. The van der Waals surface area contributed by atoms with Crippen LogP contribution in [0.3, 0.4) is 0 Å². The van der Waals surface area contributed by atoms with Crippen LogP contribution in [0.2, 0.25) is 0 Å². The quantitative estimate of drug-likeness (QED) is 0.787. The van der Waals surface area contributed by atoms with Gasteiger partial charge in [0.15, 0.2) is 0 Å². The molecular formula is C10H13N5. The highest BCUT2D eigenvalue weighted by molar-refractivity contribution is 5.15. The lowest BCUT2D eigenvalue weighted by Crippen LogP contribution is -2.06. The predicted molar refractivity (Wildman–Crippen MR) is 56.6 cm³/mol. The fourth-order valence-electron chi connectivity index (χ4n) is 1.29. The fraction of sp³-hybridized carbons (Fsp3) is 0.300. The molecule has 5 nitrogen and oxygen atoms in total. The van der Waals surface area contributed by atoms with Gasteiger partial charge in [-0.2, -0.15) is 5.10 Å². The van der Waals surface area contributed by atoms with Gasteiger partial charge < -0.3 is 5.73 Å². The summed E-state index contributed by atoms with van der Waals surface area (Å²) in [5.74, 6) is 0.587. The molecule has 2 aromatic heterocycles. The van der Waals surface area contributed by atoms with Crippen LogP contribution in [0.25, 0.3) is 5.95 Å². The molecule has 0 saturated heterocycles. The second-order valence-corrected chi connectivity index (χ2v) is 3.33. The average Bonchev–Trinajstić information content (AvgIpc) is 2.67. The van der Waals surface area contributed by atoms with E-state index in [1.54, 1.807) is 17.1 Å². The van der Waals surface area contributed by atoms with Crippen LogP contribution in [-0.2, 0) is 6.42 Å². The lowest BCUT2D eigenvalue weighted by molar-refractivity contribution is 0.789. The molecule has 0 aliphatic heterocycles. The van der Waals surface area contributed by atoms with Crippen LogP contribution in [0, 0.1) is 6.92 Å². The van der Waals surface area contributed by atoms with Gasteiger partial charge in [-0.25, -0.2) is 14.6 Å². The summed E-state index contributed by atoms with van der Waals surface area (Å²) in [5.41, 5.74) is 7.44. The first-order valence-electron chi connectivity index (χ1n) is 4.83. The van der Waals surface area contributed by atoms with Crippen molar-refractivity contribution in [1.29, 1.82) is 0 Å². The monoisotopic (exact) mass is 203 g/mol. The number of nitrogens with zero attached hydrogens (tertiary/aromatic N) is 4. The molecule has 78 valence electrons. The summed E-state index contributed by atoms with van der Waals surface area (Å²) in [5, 5.41) is 4.22. The lowest BCUT2D eigenvalue weighted by atomic mass is 10.2. The maximum atomic E-state index is 5.44. The maximum Gasteiger partial charge on any atom is 0.250 e. The van der Waals surface area contributed by atoms with Crippen molar-refractivity contribution in [2.24, 2.45) is 5.73 Å². The highest BCUT2D eigenvalue weighted by Gasteiger charge is 2.01. The molecule has 0 fully saturated rings. The Morgan fingerprint density at radius 2 is 2.07 bits per heavy atom. The molecule has 0 aromatic carbocycles. The molecule has 0 amide bonds. The standard InChI is InChI=1S/C10H13N5/c1-8-3-5-15(14-8)10-12-6-9(2-4-11)7-13-10/h3,5-7H,2,4,11H2,1H3. The largest absolute Gasteiger partial charge is 0.330 e. The molecule has 0 spiro atoms. The Hall–Kier alpha value is -1.75. The molecular weight excluding hydrogens is 190 g/mol. The first-order chi connectivity index (χ1) is 7.29. The molecule has 0 bridgehead atoms. The summed E-state index contributed by atoms with van der Waals surface area (Å²) in [6, 6.07) is 1.91. The molecule has 2 heterocycles. The Morgan fingerprint density at radius 1 is 1.33 bits per heavy atom. The van der Waals surface area contributed by atoms with E-state index >= 15 is 0 Å². The van der Waals surface area contributed by atoms with Crippen molar-refractivity contribution < 1.29 is 0 Å². The predicted octanol–water partition coefficient (Wildman–Crippen LogP) is 0.472. The summed E-state index contributed by atoms with van der Waals surface area (Å²) in [4.78, 5) is 8.43. The number of aromatic nitrogens is 4. The van der Waals surface area contributed by atoms with Gasteiger partial charge in [-0.05, 0) is 31.5 Å². The SMILES string of the molecule is Cc1ccn(-c2ncc(CCN)cn2)n1. The van der Waals surface area contributed by atoms with Crippen molar-refractivity contribution in [1.82, 2.24) is 19.7 Å². The smallest absolute Gasteiger partial charge is 0.250 e. The second kappa shape index (κ2) is 4.18. The van der Waals surface area contributed by atoms with Gasteiger partial charge in [-0.1, -0.05) is 0 Å². The summed E-state index contributed by atoms with van der Waals surface area (Å²) in [7, 11) is 0. The van der Waals surface area contributed by atoms with Crippen LogP contribution in [-0.4, -0.2) is 26.3 Å². The van der Waals surface area contributed by atoms with Crippen LogP contribution < -0.4 is 5.73 Å². The second-order valence-electron chi connectivity index (χ2n) is 3.33. The van der Waals surface area contributed by atoms with E-state index in [-0.39, 0.29) is 0 Å². The highest BCUT2D eigenvalue weighted by atomic mass is 15.3. The minimum Gasteiger partial charge on any atom is -0.330 e. The fourth-order valence-corrected chi connectivity index (χ4v) is 1.29. The van der Waals surface area contributed by atoms with Gasteiger partial charge in [-0.15, -0.1) is 0 Å². The van der Waals surface area contributed by atoms with Crippen molar-refractivity contribution in [3.8, 4) is 5.95 Å². The highest BCUT2D eigenvalue weighted by Crippen LogP contribution is 2.02. The van der Waals surface area contributed by atoms with Crippen molar-refractivity contribution in [3.05, 3.63) is 35.9 Å². The molecule has 2 rings (SSSR count). The molecule has 5 heteroatoms. The van der Waals surface area contributed by atoms with E-state index in [0.29, 0.717) is 12.5 Å². The zero-order chi connectivity index (χ0) is 10.7. The zero-order valence-corrected chi connectivity index (χ0v) is 8.59. The third kappa shape index (κ3) is 2.19. The number of rotatable bonds is 3. The third-order valence-electron chi connectivity index (χ3n) is 2.05. The van der Waals surface area contributed by atoms with Gasteiger partial charge in [0.25, 0.3) is 0 Å². The van der Waals surface area contributed by atoms with E-state index in [2.05, 4.69) is 15.1 Å². The van der Waals surface area contributed by atoms with E-state index in [9.17, 15) is 0 Å². The topological polar surface area (TPSA) is 69.6 Å². The van der Waals surface area contributed by atoms with Gasteiger partial charge in [0.1, 0.15) is 0 Å². The van der Waals surface area contributed by atoms with Gasteiger partial charge in [-0.3, -0.25) is 0 Å². The Bertz CT molecular complexity index is 431. The third-order valence-corrected chi connectivity index (χ3v) is 2.05. The van der Waals surface area contributed by atoms with Crippen LogP contribution >= 0.6 is 0 Å². The van der Waals surface area contributed by atoms with Crippen molar-refractivity contribution >= 4 is 0 Å². The van der Waals surface area contributed by atoms with Gasteiger partial charge >= 0.3 is 0 Å². The number of hydrogen-bond acceptors (Lipinski definition) is 4. The number of nitrogens with two attached hydrogens (primary N) is 1. The Labute approximate surface area is 88.0 Å². The van der Waals surface area contributed by atoms with E-state index in [4.69, 9.17) is 5.73 Å². The van der Waals surface area contributed by atoms with Gasteiger partial charge in [0.2, 0.25) is 5.95 Å². The first-order valence-corrected chi connectivity index (χ1v) is 4.83. The molecule has 2 aromatic rings. The minimum atomic E-state index is 0.587. The molecule has 0 aliphatic carbocycles. The van der Waals surface area contributed by atoms with Crippen LogP contribution in [0.1, 0.15) is 11.3 Å². The first kappa shape index (κ1) is 9.79. The maximum absolute atomic E-state index is 5.44. The summed E-state index contributed by atoms with van der Waals surface area (Å²) < 4.78 is 1.65. The van der Waals surface area contributed by atoms with Crippen LogP contribution in [0.15, 0.2) is 24.7 Å².